The number of hydrogen-bond acceptors (Lipinski definition) is 3. The van der Waals surface area contributed by atoms with Gasteiger partial charge in [-0.05, 0) is 25.8 Å². The molecule has 1 amide bonds. The Morgan fingerprint density at radius 3 is 2.81 bits per heavy atom. The molecule has 1 aromatic rings. The molecule has 5 nitrogen and oxygen atoms in total. The number of carboxylic acid groups (broad SMARTS) is 1. The van der Waals surface area contributed by atoms with Crippen LogP contribution in [0.4, 0.5) is 0 Å². The topological polar surface area (TPSA) is 66.8 Å². The maximum atomic E-state index is 12.1. The van der Waals surface area contributed by atoms with E-state index in [1.54, 1.807) is 11.9 Å². The number of carbonyl (C=O) groups is 2. The van der Waals surface area contributed by atoms with Gasteiger partial charge in [0, 0.05) is 19.0 Å². The van der Waals surface area contributed by atoms with Gasteiger partial charge >= 0.3 is 5.97 Å². The number of carbonyl (C=O) groups excluding carboxylic acids is 1. The van der Waals surface area contributed by atoms with Gasteiger partial charge in [-0.2, -0.15) is 0 Å². The van der Waals surface area contributed by atoms with E-state index in [0.717, 1.165) is 5.56 Å². The largest absolute Gasteiger partial charge is 0.494 e. The lowest BCUT2D eigenvalue weighted by Crippen LogP contribution is -2.36. The highest BCUT2D eigenvalue weighted by Gasteiger charge is 2.38. The molecule has 114 valence electrons. The summed E-state index contributed by atoms with van der Waals surface area (Å²) in [5.41, 5.74) is 0.768. The minimum Gasteiger partial charge on any atom is -0.494 e. The van der Waals surface area contributed by atoms with Crippen molar-refractivity contribution < 1.29 is 19.4 Å². The fourth-order valence-electron chi connectivity index (χ4n) is 2.93. The minimum atomic E-state index is -0.868. The third kappa shape index (κ3) is 3.17. The molecule has 1 aliphatic heterocycles. The van der Waals surface area contributed by atoms with Crippen LogP contribution in [0.3, 0.4) is 0 Å². The fourth-order valence-corrected chi connectivity index (χ4v) is 2.93. The zero-order valence-electron chi connectivity index (χ0n) is 12.4. The van der Waals surface area contributed by atoms with Gasteiger partial charge in [-0.25, -0.2) is 0 Å². The SMILES string of the molecule is CCOc1ccccc1C1C(C(=O)O)CCCC(=O)N1C. The zero-order valence-corrected chi connectivity index (χ0v) is 12.4. The maximum Gasteiger partial charge on any atom is 0.308 e. The molecule has 2 atom stereocenters. The first kappa shape index (κ1) is 15.4. The lowest BCUT2D eigenvalue weighted by Gasteiger charge is -2.31. The molecular weight excluding hydrogens is 270 g/mol. The van der Waals surface area contributed by atoms with Crippen LogP contribution in [0.25, 0.3) is 0 Å². The van der Waals surface area contributed by atoms with Crippen LogP contribution in [-0.4, -0.2) is 35.5 Å². The van der Waals surface area contributed by atoms with E-state index >= 15 is 0 Å². The van der Waals surface area contributed by atoms with Gasteiger partial charge in [0.25, 0.3) is 0 Å². The van der Waals surface area contributed by atoms with E-state index in [2.05, 4.69) is 0 Å². The molecule has 21 heavy (non-hydrogen) atoms. The molecule has 0 saturated carbocycles. The molecule has 2 unspecified atom stereocenters. The summed E-state index contributed by atoms with van der Waals surface area (Å²) in [5, 5.41) is 9.54. The number of aliphatic carboxylic acids is 1. The Morgan fingerprint density at radius 1 is 1.43 bits per heavy atom. The predicted molar refractivity (Wildman–Crippen MR) is 78.1 cm³/mol. The van der Waals surface area contributed by atoms with Crippen LogP contribution < -0.4 is 4.74 Å². The third-order valence-corrected chi connectivity index (χ3v) is 3.95. The quantitative estimate of drug-likeness (QED) is 0.925. The summed E-state index contributed by atoms with van der Waals surface area (Å²) in [6.07, 6.45) is 1.50. The van der Waals surface area contributed by atoms with E-state index < -0.39 is 17.9 Å². The van der Waals surface area contributed by atoms with E-state index in [1.165, 1.54) is 0 Å². The van der Waals surface area contributed by atoms with Gasteiger partial charge in [0.15, 0.2) is 0 Å². The Morgan fingerprint density at radius 2 is 2.14 bits per heavy atom. The van der Waals surface area contributed by atoms with E-state index in [4.69, 9.17) is 4.74 Å². The van der Waals surface area contributed by atoms with Crippen LogP contribution >= 0.6 is 0 Å². The molecule has 1 aromatic carbocycles. The van der Waals surface area contributed by atoms with E-state index in [1.807, 2.05) is 31.2 Å². The molecule has 0 bridgehead atoms. The van der Waals surface area contributed by atoms with Crippen molar-refractivity contribution in [1.82, 2.24) is 4.90 Å². The van der Waals surface area contributed by atoms with Crippen molar-refractivity contribution in [2.75, 3.05) is 13.7 Å². The highest BCUT2D eigenvalue weighted by Crippen LogP contribution is 2.39. The van der Waals surface area contributed by atoms with Gasteiger partial charge < -0.3 is 14.7 Å². The molecule has 0 aliphatic carbocycles. The second-order valence-electron chi connectivity index (χ2n) is 5.26. The van der Waals surface area contributed by atoms with Gasteiger partial charge in [0.1, 0.15) is 5.75 Å². The lowest BCUT2D eigenvalue weighted by molar-refractivity contribution is -0.145. The molecule has 1 saturated heterocycles. The number of amides is 1. The first-order valence-corrected chi connectivity index (χ1v) is 7.26. The number of rotatable bonds is 4. The summed E-state index contributed by atoms with van der Waals surface area (Å²) in [6, 6.07) is 6.88. The number of hydrogen-bond donors (Lipinski definition) is 1. The Labute approximate surface area is 124 Å². The third-order valence-electron chi connectivity index (χ3n) is 3.95. The maximum absolute atomic E-state index is 12.1. The molecule has 1 heterocycles. The Balaban J connectivity index is 2.48. The molecule has 1 aliphatic rings. The summed E-state index contributed by atoms with van der Waals surface area (Å²) >= 11 is 0. The molecular formula is C16H21NO4. The van der Waals surface area contributed by atoms with Crippen LogP contribution in [0.1, 0.15) is 37.8 Å². The van der Waals surface area contributed by atoms with Gasteiger partial charge in [-0.3, -0.25) is 9.59 Å². The van der Waals surface area contributed by atoms with Crippen molar-refractivity contribution in [1.29, 1.82) is 0 Å². The van der Waals surface area contributed by atoms with Gasteiger partial charge in [-0.15, -0.1) is 0 Å². The number of likely N-dealkylation sites (tertiary alicyclic amines) is 1. The first-order chi connectivity index (χ1) is 10.1. The normalized spacial score (nSPS) is 22.8. The van der Waals surface area contributed by atoms with Crippen molar-refractivity contribution in [3.05, 3.63) is 29.8 Å². The van der Waals surface area contributed by atoms with Crippen LogP contribution in [0.15, 0.2) is 24.3 Å². The Hall–Kier alpha value is -2.04. The average Bonchev–Trinajstić information content (AvgIpc) is 2.60. The number of ether oxygens (including phenoxy) is 1. The molecule has 0 spiro atoms. The van der Waals surface area contributed by atoms with Gasteiger partial charge in [-0.1, -0.05) is 18.2 Å². The van der Waals surface area contributed by atoms with Gasteiger partial charge in [0.2, 0.25) is 5.91 Å². The van der Waals surface area contributed by atoms with Crippen LogP contribution in [0.5, 0.6) is 5.75 Å². The van der Waals surface area contributed by atoms with Crippen molar-refractivity contribution >= 4 is 11.9 Å². The van der Waals surface area contributed by atoms with Crippen LogP contribution in [0.2, 0.25) is 0 Å². The molecule has 1 N–H and O–H groups in total. The molecule has 2 rings (SSSR count). The van der Waals surface area contributed by atoms with E-state index in [0.29, 0.717) is 31.6 Å². The summed E-state index contributed by atoms with van der Waals surface area (Å²) in [5.74, 6) is -0.844. The monoisotopic (exact) mass is 291 g/mol. The van der Waals surface area contributed by atoms with Crippen molar-refractivity contribution in [3.63, 3.8) is 0 Å². The second kappa shape index (κ2) is 6.61. The smallest absolute Gasteiger partial charge is 0.308 e. The number of nitrogens with zero attached hydrogens (tertiary/aromatic N) is 1. The summed E-state index contributed by atoms with van der Waals surface area (Å²) < 4.78 is 5.61. The summed E-state index contributed by atoms with van der Waals surface area (Å²) in [4.78, 5) is 25.3. The van der Waals surface area contributed by atoms with Crippen molar-refractivity contribution in [2.24, 2.45) is 5.92 Å². The van der Waals surface area contributed by atoms with Crippen molar-refractivity contribution in [2.45, 2.75) is 32.2 Å². The Kier molecular flexibility index (Phi) is 4.83. The minimum absolute atomic E-state index is 0.0185. The average molecular weight is 291 g/mol. The highest BCUT2D eigenvalue weighted by atomic mass is 16.5. The molecule has 5 heteroatoms. The summed E-state index contributed by atoms with van der Waals surface area (Å²) in [7, 11) is 1.68. The van der Waals surface area contributed by atoms with Gasteiger partial charge in [0.05, 0.1) is 18.6 Å². The first-order valence-electron chi connectivity index (χ1n) is 7.26. The lowest BCUT2D eigenvalue weighted by atomic mass is 9.89. The van der Waals surface area contributed by atoms with Crippen LogP contribution in [-0.2, 0) is 9.59 Å². The van der Waals surface area contributed by atoms with E-state index in [-0.39, 0.29) is 5.91 Å². The highest BCUT2D eigenvalue weighted by molar-refractivity contribution is 5.79. The second-order valence-corrected chi connectivity index (χ2v) is 5.26. The molecule has 1 fully saturated rings. The Bertz CT molecular complexity index is 529. The van der Waals surface area contributed by atoms with Crippen LogP contribution in [0, 0.1) is 5.92 Å². The predicted octanol–water partition coefficient (Wildman–Crippen LogP) is 2.47. The fraction of sp³-hybridized carbons (Fsp3) is 0.500. The standard InChI is InChI=1S/C16H21NO4/c1-3-21-13-9-5-4-7-11(13)15-12(16(19)20)8-6-10-14(18)17(15)2/h4-5,7,9,12,15H,3,6,8,10H2,1-2H3,(H,19,20). The number of benzene rings is 1. The number of para-hydroxylation sites is 1. The summed E-state index contributed by atoms with van der Waals surface area (Å²) in [6.45, 7) is 2.38. The van der Waals surface area contributed by atoms with E-state index in [9.17, 15) is 14.7 Å². The molecule has 0 aromatic heterocycles. The number of carboxylic acids is 1. The zero-order chi connectivity index (χ0) is 15.4. The molecule has 0 radical (unpaired) electrons. The van der Waals surface area contributed by atoms with Crippen molar-refractivity contribution in [3.8, 4) is 5.75 Å².